The van der Waals surface area contributed by atoms with E-state index in [0.29, 0.717) is 12.8 Å². The minimum Gasteiger partial charge on any atom is -0.550 e. The third kappa shape index (κ3) is 2.37. The Kier molecular flexibility index (Phi) is 3.36. The second kappa shape index (κ2) is 5.07. The Hall–Kier alpha value is -2.02. The first kappa shape index (κ1) is 13.9. The standard InChI is InChI=1S/C14H13F2NO4/c15-7-2-1-6(5-8(7)16)17-13(18)11-9-3-4-10(21-9)12(11)14(19)20/h1-2,5,9-12H,3-4H2,(H,17,18)(H,19,20)/p-1/t9-,10+,11+,12-/m0/s1. The van der Waals surface area contributed by atoms with E-state index in [2.05, 4.69) is 5.32 Å². The number of carbonyl (C=O) groups excluding carboxylic acids is 2. The van der Waals surface area contributed by atoms with E-state index in [1.165, 1.54) is 6.07 Å². The second-order valence-corrected chi connectivity index (χ2v) is 5.28. The van der Waals surface area contributed by atoms with Crippen molar-refractivity contribution in [1.82, 2.24) is 0 Å². The van der Waals surface area contributed by atoms with Crippen LogP contribution in [0.1, 0.15) is 12.8 Å². The van der Waals surface area contributed by atoms with Gasteiger partial charge >= 0.3 is 0 Å². The summed E-state index contributed by atoms with van der Waals surface area (Å²) in [6.45, 7) is 0. The Morgan fingerprint density at radius 2 is 1.81 bits per heavy atom. The number of nitrogens with one attached hydrogen (secondary N) is 1. The Balaban J connectivity index is 1.78. The monoisotopic (exact) mass is 296 g/mol. The molecule has 3 rings (SSSR count). The third-order valence-corrected chi connectivity index (χ3v) is 4.04. The molecule has 1 aromatic carbocycles. The van der Waals surface area contributed by atoms with Crippen LogP contribution in [-0.4, -0.2) is 24.1 Å². The molecule has 1 amide bonds. The molecule has 0 radical (unpaired) electrons. The van der Waals surface area contributed by atoms with Crippen molar-refractivity contribution in [3.63, 3.8) is 0 Å². The number of anilines is 1. The number of benzene rings is 1. The Morgan fingerprint density at radius 1 is 1.14 bits per heavy atom. The molecule has 21 heavy (non-hydrogen) atoms. The van der Waals surface area contributed by atoms with E-state index < -0.39 is 47.6 Å². The number of carboxylic acids is 1. The van der Waals surface area contributed by atoms with Crippen LogP contribution in [0.3, 0.4) is 0 Å². The molecule has 0 aliphatic carbocycles. The Labute approximate surface area is 118 Å². The molecule has 2 bridgehead atoms. The summed E-state index contributed by atoms with van der Waals surface area (Å²) in [6.07, 6.45) is 0.201. The van der Waals surface area contributed by atoms with Crippen molar-refractivity contribution >= 4 is 17.6 Å². The van der Waals surface area contributed by atoms with Crippen LogP contribution in [0.2, 0.25) is 0 Å². The quantitative estimate of drug-likeness (QED) is 0.878. The molecule has 0 saturated carbocycles. The number of amides is 1. The van der Waals surface area contributed by atoms with E-state index in [4.69, 9.17) is 4.74 Å². The highest BCUT2D eigenvalue weighted by Gasteiger charge is 2.52. The molecule has 0 unspecified atom stereocenters. The van der Waals surface area contributed by atoms with Crippen molar-refractivity contribution in [1.29, 1.82) is 0 Å². The Morgan fingerprint density at radius 3 is 2.43 bits per heavy atom. The molecule has 1 aromatic rings. The average molecular weight is 296 g/mol. The van der Waals surface area contributed by atoms with Gasteiger partial charge in [-0.25, -0.2) is 8.78 Å². The number of fused-ring (bicyclic) bond motifs is 2. The average Bonchev–Trinajstić information content (AvgIpc) is 3.03. The van der Waals surface area contributed by atoms with Crippen LogP contribution in [0, 0.1) is 23.5 Å². The fourth-order valence-electron chi connectivity index (χ4n) is 3.11. The van der Waals surface area contributed by atoms with Gasteiger partial charge in [0.15, 0.2) is 11.6 Å². The highest BCUT2D eigenvalue weighted by molar-refractivity contribution is 5.96. The van der Waals surface area contributed by atoms with Gasteiger partial charge in [0, 0.05) is 23.6 Å². The fourth-order valence-corrected chi connectivity index (χ4v) is 3.11. The number of ether oxygens (including phenoxy) is 1. The van der Waals surface area contributed by atoms with Gasteiger partial charge in [-0.3, -0.25) is 4.79 Å². The van der Waals surface area contributed by atoms with E-state index in [-0.39, 0.29) is 5.69 Å². The number of carbonyl (C=O) groups is 2. The first-order chi connectivity index (χ1) is 9.97. The molecule has 1 N–H and O–H groups in total. The predicted octanol–water partition coefficient (Wildman–Crippen LogP) is 0.447. The molecule has 2 heterocycles. The largest absolute Gasteiger partial charge is 0.550 e. The summed E-state index contributed by atoms with van der Waals surface area (Å²) in [5.74, 6) is -5.90. The number of carboxylic acid groups (broad SMARTS) is 1. The molecule has 5 nitrogen and oxygen atoms in total. The summed E-state index contributed by atoms with van der Waals surface area (Å²) in [5, 5.41) is 13.6. The van der Waals surface area contributed by atoms with Crippen molar-refractivity contribution in [2.45, 2.75) is 25.0 Å². The van der Waals surface area contributed by atoms with Crippen molar-refractivity contribution in [3.05, 3.63) is 29.8 Å². The van der Waals surface area contributed by atoms with E-state index in [9.17, 15) is 23.5 Å². The van der Waals surface area contributed by atoms with Crippen LogP contribution in [0.25, 0.3) is 0 Å². The van der Waals surface area contributed by atoms with Crippen LogP contribution in [-0.2, 0) is 14.3 Å². The van der Waals surface area contributed by atoms with Crippen LogP contribution in [0.5, 0.6) is 0 Å². The molecule has 0 spiro atoms. The van der Waals surface area contributed by atoms with Gasteiger partial charge in [-0.1, -0.05) is 0 Å². The first-order valence-electron chi connectivity index (χ1n) is 6.59. The van der Waals surface area contributed by atoms with Crippen LogP contribution in [0.4, 0.5) is 14.5 Å². The highest BCUT2D eigenvalue weighted by Crippen LogP contribution is 2.43. The number of hydrogen-bond acceptors (Lipinski definition) is 4. The molecule has 2 aliphatic rings. The van der Waals surface area contributed by atoms with Crippen molar-refractivity contribution in [2.24, 2.45) is 11.8 Å². The Bertz CT molecular complexity index is 607. The highest BCUT2D eigenvalue weighted by atomic mass is 19.2. The topological polar surface area (TPSA) is 78.5 Å². The van der Waals surface area contributed by atoms with E-state index >= 15 is 0 Å². The summed E-state index contributed by atoms with van der Waals surface area (Å²) in [4.78, 5) is 23.4. The van der Waals surface area contributed by atoms with Crippen molar-refractivity contribution in [2.75, 3.05) is 5.32 Å². The summed E-state index contributed by atoms with van der Waals surface area (Å²) in [6, 6.07) is 2.94. The lowest BCUT2D eigenvalue weighted by Crippen LogP contribution is -2.46. The molecule has 4 atom stereocenters. The van der Waals surface area contributed by atoms with E-state index in [1.807, 2.05) is 0 Å². The zero-order valence-electron chi connectivity index (χ0n) is 10.8. The van der Waals surface area contributed by atoms with Crippen LogP contribution in [0.15, 0.2) is 18.2 Å². The van der Waals surface area contributed by atoms with Gasteiger partial charge in [0.1, 0.15) is 0 Å². The van der Waals surface area contributed by atoms with E-state index in [1.54, 1.807) is 0 Å². The first-order valence-corrected chi connectivity index (χ1v) is 6.59. The fraction of sp³-hybridized carbons (Fsp3) is 0.429. The normalized spacial score (nSPS) is 30.4. The van der Waals surface area contributed by atoms with Gasteiger partial charge in [0.05, 0.1) is 18.1 Å². The van der Waals surface area contributed by atoms with Crippen LogP contribution < -0.4 is 10.4 Å². The minimum absolute atomic E-state index is 0.0683. The molecular weight excluding hydrogens is 284 g/mol. The number of rotatable bonds is 3. The maximum absolute atomic E-state index is 13.1. The number of hydrogen-bond donors (Lipinski definition) is 1. The smallest absolute Gasteiger partial charge is 0.230 e. The van der Waals surface area contributed by atoms with Crippen LogP contribution >= 0.6 is 0 Å². The van der Waals surface area contributed by atoms with E-state index in [0.717, 1.165) is 12.1 Å². The SMILES string of the molecule is O=C([O-])[C@@H]1[C@H](C(=O)Nc2ccc(F)c(F)c2)[C@@H]2CC[C@H]1O2. The summed E-state index contributed by atoms with van der Waals surface area (Å²) in [5.41, 5.74) is 0.0683. The van der Waals surface area contributed by atoms with Crippen molar-refractivity contribution in [3.8, 4) is 0 Å². The second-order valence-electron chi connectivity index (χ2n) is 5.28. The maximum Gasteiger partial charge on any atom is 0.230 e. The zero-order valence-corrected chi connectivity index (χ0v) is 10.8. The molecule has 2 aliphatic heterocycles. The number of halogens is 2. The molecule has 112 valence electrons. The predicted molar refractivity (Wildman–Crippen MR) is 64.9 cm³/mol. The molecule has 2 saturated heterocycles. The molecular formula is C14H12F2NO4-. The summed E-state index contributed by atoms with van der Waals surface area (Å²) >= 11 is 0. The summed E-state index contributed by atoms with van der Waals surface area (Å²) in [7, 11) is 0. The molecule has 2 fully saturated rings. The molecule has 0 aromatic heterocycles. The summed E-state index contributed by atoms with van der Waals surface area (Å²) < 4.78 is 31.4. The lowest BCUT2D eigenvalue weighted by atomic mass is 9.78. The van der Waals surface area contributed by atoms with Gasteiger partial charge in [-0.15, -0.1) is 0 Å². The lowest BCUT2D eigenvalue weighted by Gasteiger charge is -2.27. The molecule has 7 heteroatoms. The van der Waals surface area contributed by atoms with Gasteiger partial charge < -0.3 is 20.0 Å². The van der Waals surface area contributed by atoms with Gasteiger partial charge in [0.2, 0.25) is 5.91 Å². The lowest BCUT2D eigenvalue weighted by molar-refractivity contribution is -0.313. The van der Waals surface area contributed by atoms with Gasteiger partial charge in [0.25, 0.3) is 0 Å². The minimum atomic E-state index is -1.33. The van der Waals surface area contributed by atoms with Gasteiger partial charge in [-0.2, -0.15) is 0 Å². The number of aliphatic carboxylic acids is 1. The van der Waals surface area contributed by atoms with Gasteiger partial charge in [-0.05, 0) is 25.0 Å². The maximum atomic E-state index is 13.1. The van der Waals surface area contributed by atoms with Crippen molar-refractivity contribution < 1.29 is 28.2 Å². The zero-order chi connectivity index (χ0) is 15.1. The third-order valence-electron chi connectivity index (χ3n) is 4.04.